The molecule has 3 aliphatic rings. The van der Waals surface area contributed by atoms with Crippen molar-refractivity contribution in [2.75, 3.05) is 0 Å². The van der Waals surface area contributed by atoms with Crippen LogP contribution in [0.4, 0.5) is 0 Å². The lowest BCUT2D eigenvalue weighted by molar-refractivity contribution is -0.120. The van der Waals surface area contributed by atoms with Crippen molar-refractivity contribution in [3.05, 3.63) is 10.1 Å². The fourth-order valence-corrected chi connectivity index (χ4v) is 6.65. The highest BCUT2D eigenvalue weighted by Gasteiger charge is 2.90. The number of hydrogen-bond acceptors (Lipinski definition) is 3. The molecule has 0 bridgehead atoms. The number of carbonyl (C=O) groups excluding carboxylic acids is 1. The van der Waals surface area contributed by atoms with Gasteiger partial charge in [0.2, 0.25) is 10.0 Å². The summed E-state index contributed by atoms with van der Waals surface area (Å²) in [7, 11) is -3.89. The summed E-state index contributed by atoms with van der Waals surface area (Å²) in [6, 6.07) is 0. The summed E-state index contributed by atoms with van der Waals surface area (Å²) >= 11 is 23.8. The number of amides is 1. The summed E-state index contributed by atoms with van der Waals surface area (Å²) in [6.07, 6.45) is 0. The molecule has 0 radical (unpaired) electrons. The van der Waals surface area contributed by atoms with Crippen LogP contribution in [0.3, 0.4) is 0 Å². The van der Waals surface area contributed by atoms with Gasteiger partial charge in [-0.3, -0.25) is 9.52 Å². The lowest BCUT2D eigenvalue weighted by Crippen LogP contribution is -2.51. The van der Waals surface area contributed by atoms with Crippen LogP contribution in [0.2, 0.25) is 0 Å². The van der Waals surface area contributed by atoms with E-state index in [2.05, 4.69) is 0 Å². The molecule has 1 saturated heterocycles. The van der Waals surface area contributed by atoms with Crippen molar-refractivity contribution in [2.45, 2.75) is 15.0 Å². The summed E-state index contributed by atoms with van der Waals surface area (Å²) in [6.45, 7) is 0. The molecule has 1 saturated carbocycles. The molecule has 0 spiro atoms. The summed E-state index contributed by atoms with van der Waals surface area (Å²) in [5.74, 6) is -1.63. The van der Waals surface area contributed by atoms with E-state index in [0.717, 1.165) is 0 Å². The largest absolute Gasteiger partial charge is 0.272 e. The average Bonchev–Trinajstić information content (AvgIpc) is 2.56. The maximum absolute atomic E-state index is 11.7. The lowest BCUT2D eigenvalue weighted by atomic mass is 10.2. The van der Waals surface area contributed by atoms with E-state index < -0.39 is 36.8 Å². The van der Waals surface area contributed by atoms with E-state index >= 15 is 0 Å². The van der Waals surface area contributed by atoms with E-state index in [1.165, 1.54) is 0 Å². The summed E-state index contributed by atoms with van der Waals surface area (Å²) in [5, 5.41) is -1.23. The monoisotopic (exact) mass is 321 g/mol. The van der Waals surface area contributed by atoms with Gasteiger partial charge in [0, 0.05) is 5.92 Å². The number of allylic oxidation sites excluding steroid dienone is 1. The first-order valence-electron chi connectivity index (χ1n) is 4.18. The number of halogens is 4. The maximum Gasteiger partial charge on any atom is 0.257 e. The van der Waals surface area contributed by atoms with Gasteiger partial charge < -0.3 is 0 Å². The van der Waals surface area contributed by atoms with Crippen LogP contribution in [-0.4, -0.2) is 29.3 Å². The Morgan fingerprint density at radius 1 is 1.19 bits per heavy atom. The molecule has 4 atom stereocenters. The first-order chi connectivity index (χ1) is 7.19. The Hall–Kier alpha value is 0.320. The highest BCUT2D eigenvalue weighted by Crippen LogP contribution is 2.76. The molecule has 0 aromatic rings. The molecule has 3 rings (SSSR count). The molecule has 1 aliphatic heterocycles. The van der Waals surface area contributed by atoms with Crippen molar-refractivity contribution in [1.82, 2.24) is 4.72 Å². The van der Waals surface area contributed by atoms with E-state index in [4.69, 9.17) is 46.4 Å². The Balaban J connectivity index is 2.31. The molecule has 1 N–H and O–H groups in total. The number of rotatable bonds is 0. The first kappa shape index (κ1) is 11.4. The Kier molecular flexibility index (Phi) is 1.90. The molecule has 1 amide bonds. The highest BCUT2D eigenvalue weighted by atomic mass is 35.5. The van der Waals surface area contributed by atoms with Crippen LogP contribution in [0.25, 0.3) is 0 Å². The van der Waals surface area contributed by atoms with Gasteiger partial charge in [0.1, 0.15) is 10.1 Å². The van der Waals surface area contributed by atoms with E-state index in [1.807, 2.05) is 4.72 Å². The third-order valence-electron chi connectivity index (χ3n) is 3.28. The Morgan fingerprint density at radius 3 is 2.31 bits per heavy atom. The van der Waals surface area contributed by atoms with Gasteiger partial charge in [-0.25, -0.2) is 8.42 Å². The van der Waals surface area contributed by atoms with Crippen LogP contribution >= 0.6 is 46.4 Å². The van der Waals surface area contributed by atoms with Crippen molar-refractivity contribution in [3.8, 4) is 0 Å². The van der Waals surface area contributed by atoms with Gasteiger partial charge in [0.25, 0.3) is 5.91 Å². The normalized spacial score (nSPS) is 52.4. The Morgan fingerprint density at radius 2 is 1.75 bits per heavy atom. The molecule has 9 heteroatoms. The predicted molar refractivity (Wildman–Crippen MR) is 60.2 cm³/mol. The number of alkyl halides is 2. The topological polar surface area (TPSA) is 63.2 Å². The van der Waals surface area contributed by atoms with Gasteiger partial charge >= 0.3 is 0 Å². The first-order valence-corrected chi connectivity index (χ1v) is 7.24. The van der Waals surface area contributed by atoms with Crippen molar-refractivity contribution < 1.29 is 13.2 Å². The zero-order valence-corrected chi connectivity index (χ0v) is 11.1. The Bertz CT molecular complexity index is 572. The molecule has 0 aromatic carbocycles. The average molecular weight is 323 g/mol. The van der Waals surface area contributed by atoms with Gasteiger partial charge in [-0.15, -0.1) is 23.2 Å². The molecule has 16 heavy (non-hydrogen) atoms. The SMILES string of the molecule is O=C1NS(=O)(=O)[C@@H]2C(Cl)=C(Cl)[C@@]3(Cl)[C@H]2[C@@]13Cl. The van der Waals surface area contributed by atoms with Gasteiger partial charge in [-0.2, -0.15) is 0 Å². The van der Waals surface area contributed by atoms with Crippen molar-refractivity contribution in [1.29, 1.82) is 0 Å². The molecular formula is C7H3Cl4NO3S. The molecule has 2 aliphatic carbocycles. The van der Waals surface area contributed by atoms with Crippen LogP contribution in [0.15, 0.2) is 10.1 Å². The van der Waals surface area contributed by atoms with Crippen molar-refractivity contribution >= 4 is 62.3 Å². The van der Waals surface area contributed by atoms with Crippen molar-refractivity contribution in [3.63, 3.8) is 0 Å². The molecule has 0 aromatic heterocycles. The van der Waals surface area contributed by atoms with Crippen LogP contribution in [0.1, 0.15) is 0 Å². The standard InChI is InChI=1S/C7H3Cl4NO3S/c8-1-2-3-6(10,4(1)9)7(3,11)5(13)12-16(2,14)15/h2-3H,(H,12,13)/t2-,3+,6+,7-/m1/s1. The zero-order chi connectivity index (χ0) is 12.1. The molecule has 2 fully saturated rings. The van der Waals surface area contributed by atoms with Crippen LogP contribution in [-0.2, 0) is 14.8 Å². The van der Waals surface area contributed by atoms with E-state index in [9.17, 15) is 13.2 Å². The van der Waals surface area contributed by atoms with E-state index in [0.29, 0.717) is 0 Å². The van der Waals surface area contributed by atoms with Gasteiger partial charge in [0.05, 0.1) is 10.1 Å². The highest BCUT2D eigenvalue weighted by molar-refractivity contribution is 7.91. The number of hydrogen-bond donors (Lipinski definition) is 1. The minimum atomic E-state index is -3.89. The molecule has 4 nitrogen and oxygen atoms in total. The summed E-state index contributed by atoms with van der Waals surface area (Å²) in [5.41, 5.74) is 0. The van der Waals surface area contributed by atoms with Crippen LogP contribution < -0.4 is 4.72 Å². The van der Waals surface area contributed by atoms with Crippen LogP contribution in [0, 0.1) is 5.92 Å². The number of sulfonamides is 1. The zero-order valence-electron chi connectivity index (χ0n) is 7.30. The number of carbonyl (C=O) groups is 1. The van der Waals surface area contributed by atoms with Crippen molar-refractivity contribution in [2.24, 2.45) is 5.92 Å². The maximum atomic E-state index is 11.7. The number of nitrogens with one attached hydrogen (secondary N) is 1. The number of fused-ring (bicyclic) bond motifs is 1. The quantitative estimate of drug-likeness (QED) is 0.679. The predicted octanol–water partition coefficient (Wildman–Crippen LogP) is 1.10. The van der Waals surface area contributed by atoms with Gasteiger partial charge in [-0.05, 0) is 0 Å². The van der Waals surface area contributed by atoms with E-state index in [1.54, 1.807) is 0 Å². The van der Waals surface area contributed by atoms with E-state index in [-0.39, 0.29) is 10.1 Å². The van der Waals surface area contributed by atoms with Gasteiger partial charge in [-0.1, -0.05) is 23.2 Å². The third kappa shape index (κ3) is 0.861. The summed E-state index contributed by atoms with van der Waals surface area (Å²) in [4.78, 5) is 8.71. The Labute approximate surface area is 111 Å². The van der Waals surface area contributed by atoms with Gasteiger partial charge in [0.15, 0.2) is 4.87 Å². The third-order valence-corrected chi connectivity index (χ3v) is 7.70. The van der Waals surface area contributed by atoms with Crippen LogP contribution in [0.5, 0.6) is 0 Å². The second-order valence-corrected chi connectivity index (χ2v) is 7.74. The molecular weight excluding hydrogens is 320 g/mol. The molecule has 1 heterocycles. The minimum absolute atomic E-state index is 0.0424. The second kappa shape index (κ2) is 2.67. The molecule has 88 valence electrons. The lowest BCUT2D eigenvalue weighted by Gasteiger charge is -2.25. The molecule has 0 unspecified atom stereocenters. The fraction of sp³-hybridized carbons (Fsp3) is 0.571. The fourth-order valence-electron chi connectivity index (χ4n) is 2.48. The summed E-state index contributed by atoms with van der Waals surface area (Å²) < 4.78 is 25.2. The second-order valence-electron chi connectivity index (χ2n) is 3.96. The smallest absolute Gasteiger partial charge is 0.257 e. The minimum Gasteiger partial charge on any atom is -0.272 e.